The number of ether oxygens (including phenoxy) is 1. The van der Waals surface area contributed by atoms with E-state index in [1.807, 2.05) is 83.4 Å². The van der Waals surface area contributed by atoms with E-state index in [4.69, 9.17) is 14.7 Å². The molecule has 0 saturated carbocycles. The summed E-state index contributed by atoms with van der Waals surface area (Å²) in [7, 11) is 4.14. The summed E-state index contributed by atoms with van der Waals surface area (Å²) in [6.45, 7) is 1.25. The number of halogens is 1. The lowest BCUT2D eigenvalue weighted by Crippen LogP contribution is -2.15. The zero-order valence-corrected chi connectivity index (χ0v) is 23.5. The van der Waals surface area contributed by atoms with Gasteiger partial charge >= 0.3 is 0 Å². The second kappa shape index (κ2) is 12.2. The average Bonchev–Trinajstić information content (AvgIpc) is 3.40. The van der Waals surface area contributed by atoms with E-state index in [-0.39, 0.29) is 12.4 Å². The monoisotopic (exact) mass is 558 g/mol. The summed E-state index contributed by atoms with van der Waals surface area (Å²) in [5.74, 6) is 0.199. The molecule has 6 aromatic rings. The zero-order chi connectivity index (χ0) is 28.9. The predicted octanol–water partition coefficient (Wildman–Crippen LogP) is 7.02. The lowest BCUT2D eigenvalue weighted by molar-refractivity contribution is 0.290. The predicted molar refractivity (Wildman–Crippen MR) is 164 cm³/mol. The average molecular weight is 559 g/mol. The Morgan fingerprint density at radius 3 is 2.52 bits per heavy atom. The first-order valence-electron chi connectivity index (χ1n) is 13.8. The summed E-state index contributed by atoms with van der Waals surface area (Å²) in [5.41, 5.74) is 6.49. The molecule has 3 aromatic heterocycles. The van der Waals surface area contributed by atoms with Gasteiger partial charge in [0.1, 0.15) is 12.3 Å². The first-order chi connectivity index (χ1) is 20.5. The van der Waals surface area contributed by atoms with Gasteiger partial charge < -0.3 is 15.0 Å². The number of fused-ring (bicyclic) bond motifs is 1. The summed E-state index contributed by atoms with van der Waals surface area (Å²) in [4.78, 5) is 16.3. The molecule has 7 nitrogen and oxygen atoms in total. The lowest BCUT2D eigenvalue weighted by atomic mass is 10.1. The molecule has 0 bridgehead atoms. The van der Waals surface area contributed by atoms with Crippen molar-refractivity contribution in [1.29, 1.82) is 0 Å². The molecule has 42 heavy (non-hydrogen) atoms. The van der Waals surface area contributed by atoms with Gasteiger partial charge in [-0.05, 0) is 80.2 Å². The minimum absolute atomic E-state index is 0.189. The molecule has 0 fully saturated rings. The van der Waals surface area contributed by atoms with Crippen LogP contribution in [0.3, 0.4) is 0 Å². The van der Waals surface area contributed by atoms with Crippen LogP contribution in [-0.4, -0.2) is 44.9 Å². The van der Waals surface area contributed by atoms with Gasteiger partial charge in [0.2, 0.25) is 5.95 Å². The van der Waals surface area contributed by atoms with Crippen molar-refractivity contribution in [2.45, 2.75) is 13.0 Å². The van der Waals surface area contributed by atoms with Crippen molar-refractivity contribution in [2.24, 2.45) is 0 Å². The Morgan fingerprint density at radius 2 is 1.69 bits per heavy atom. The number of anilines is 2. The molecule has 0 unspecified atom stereocenters. The molecule has 0 aliphatic carbocycles. The van der Waals surface area contributed by atoms with Gasteiger partial charge in [-0.2, -0.15) is 0 Å². The molecular formula is C34H31FN6O. The summed E-state index contributed by atoms with van der Waals surface area (Å²) in [5, 5.41) is 3.34. The third-order valence-electron chi connectivity index (χ3n) is 6.90. The maximum atomic E-state index is 15.3. The third-order valence-corrected chi connectivity index (χ3v) is 6.90. The van der Waals surface area contributed by atoms with Crippen LogP contribution in [-0.2, 0) is 13.0 Å². The molecule has 0 amide bonds. The van der Waals surface area contributed by atoms with Crippen molar-refractivity contribution < 1.29 is 9.13 Å². The SMILES string of the molecule is CN(C)CCc1cccc(Nc2nccc(-c3c(-c4ccc(OCc5ccccc5)c(F)c4)nc4ccccn34)n2)c1. The molecule has 8 heteroatoms. The van der Waals surface area contributed by atoms with Crippen LogP contribution in [0.1, 0.15) is 11.1 Å². The number of likely N-dealkylation sites (N-methyl/N-ethyl adjacent to an activating group) is 1. The Balaban J connectivity index is 1.31. The number of benzene rings is 3. The van der Waals surface area contributed by atoms with Crippen LogP contribution in [0.5, 0.6) is 5.75 Å². The molecule has 1 N–H and O–H groups in total. The second-order valence-corrected chi connectivity index (χ2v) is 10.3. The molecule has 0 aliphatic rings. The topological polar surface area (TPSA) is 67.6 Å². The molecule has 210 valence electrons. The highest BCUT2D eigenvalue weighted by molar-refractivity contribution is 5.81. The first kappa shape index (κ1) is 27.1. The van der Waals surface area contributed by atoms with E-state index in [1.54, 1.807) is 12.3 Å². The highest BCUT2D eigenvalue weighted by atomic mass is 19.1. The van der Waals surface area contributed by atoms with Gasteiger partial charge in [0.05, 0.1) is 17.1 Å². The Hall–Kier alpha value is -5.08. The Kier molecular flexibility index (Phi) is 7.87. The molecule has 0 spiro atoms. The molecule has 0 atom stereocenters. The lowest BCUT2D eigenvalue weighted by Gasteiger charge is -2.12. The fourth-order valence-electron chi connectivity index (χ4n) is 4.78. The van der Waals surface area contributed by atoms with Crippen LogP contribution >= 0.6 is 0 Å². The van der Waals surface area contributed by atoms with E-state index < -0.39 is 5.82 Å². The van der Waals surface area contributed by atoms with Gasteiger partial charge in [-0.15, -0.1) is 0 Å². The van der Waals surface area contributed by atoms with Gasteiger partial charge in [-0.3, -0.25) is 4.40 Å². The van der Waals surface area contributed by atoms with Gasteiger partial charge in [0, 0.05) is 30.2 Å². The summed E-state index contributed by atoms with van der Waals surface area (Å²) in [6, 6.07) is 30.5. The maximum absolute atomic E-state index is 15.3. The normalized spacial score (nSPS) is 11.2. The van der Waals surface area contributed by atoms with E-state index in [2.05, 4.69) is 41.4 Å². The van der Waals surface area contributed by atoms with Crippen molar-refractivity contribution in [3.8, 4) is 28.4 Å². The molecule has 0 radical (unpaired) electrons. The quantitative estimate of drug-likeness (QED) is 0.195. The van der Waals surface area contributed by atoms with E-state index in [1.165, 1.54) is 11.6 Å². The smallest absolute Gasteiger partial charge is 0.227 e. The fourth-order valence-corrected chi connectivity index (χ4v) is 4.78. The number of imidazole rings is 1. The molecule has 3 aromatic carbocycles. The van der Waals surface area contributed by atoms with Gasteiger partial charge in [0.15, 0.2) is 11.6 Å². The zero-order valence-electron chi connectivity index (χ0n) is 23.5. The van der Waals surface area contributed by atoms with Crippen molar-refractivity contribution >= 4 is 17.3 Å². The third kappa shape index (κ3) is 6.14. The minimum atomic E-state index is -0.453. The summed E-state index contributed by atoms with van der Waals surface area (Å²) in [6.07, 6.45) is 4.59. The van der Waals surface area contributed by atoms with Gasteiger partial charge in [-0.25, -0.2) is 19.3 Å². The van der Waals surface area contributed by atoms with Crippen molar-refractivity contribution in [3.05, 3.63) is 126 Å². The van der Waals surface area contributed by atoms with E-state index in [9.17, 15) is 0 Å². The Morgan fingerprint density at radius 1 is 0.857 bits per heavy atom. The van der Waals surface area contributed by atoms with Gasteiger partial charge in [-0.1, -0.05) is 48.5 Å². The van der Waals surface area contributed by atoms with Crippen molar-refractivity contribution in [1.82, 2.24) is 24.3 Å². The highest BCUT2D eigenvalue weighted by Crippen LogP contribution is 2.34. The van der Waals surface area contributed by atoms with Crippen molar-refractivity contribution in [2.75, 3.05) is 26.0 Å². The van der Waals surface area contributed by atoms with Crippen LogP contribution in [0.4, 0.5) is 16.0 Å². The Bertz CT molecular complexity index is 1820. The highest BCUT2D eigenvalue weighted by Gasteiger charge is 2.19. The minimum Gasteiger partial charge on any atom is -0.486 e. The van der Waals surface area contributed by atoms with E-state index in [0.29, 0.717) is 22.9 Å². The standard InChI is InChI=1S/C34H31FN6O/c1-40(2)20-17-24-11-8-12-27(21-24)37-34-36-18-16-29(38-34)33-32(39-31-13-6-7-19-41(31)33)26-14-15-30(28(35)22-26)42-23-25-9-4-3-5-10-25/h3-16,18-19,21-22H,17,20,23H2,1-2H3,(H,36,37,38). The van der Waals surface area contributed by atoms with Crippen LogP contribution < -0.4 is 10.1 Å². The summed E-state index contributed by atoms with van der Waals surface area (Å²) < 4.78 is 23.0. The van der Waals surface area contributed by atoms with E-state index in [0.717, 1.165) is 35.6 Å². The first-order valence-corrected chi connectivity index (χ1v) is 13.8. The Labute approximate surface area is 244 Å². The van der Waals surface area contributed by atoms with Gasteiger partial charge in [0.25, 0.3) is 0 Å². The molecule has 0 saturated heterocycles. The summed E-state index contributed by atoms with van der Waals surface area (Å²) >= 11 is 0. The number of rotatable bonds is 10. The second-order valence-electron chi connectivity index (χ2n) is 10.3. The molecular weight excluding hydrogens is 527 g/mol. The number of aromatic nitrogens is 4. The molecule has 3 heterocycles. The molecule has 6 rings (SSSR count). The number of hydrogen-bond donors (Lipinski definition) is 1. The number of nitrogens with one attached hydrogen (secondary N) is 1. The number of pyridine rings is 1. The van der Waals surface area contributed by atoms with Crippen LogP contribution in [0.15, 0.2) is 109 Å². The van der Waals surface area contributed by atoms with E-state index >= 15 is 4.39 Å². The molecule has 0 aliphatic heterocycles. The largest absolute Gasteiger partial charge is 0.486 e. The van der Waals surface area contributed by atoms with Crippen LogP contribution in [0.25, 0.3) is 28.3 Å². The number of hydrogen-bond acceptors (Lipinski definition) is 6. The fraction of sp³-hybridized carbons (Fsp3) is 0.147. The van der Waals surface area contributed by atoms with Crippen LogP contribution in [0, 0.1) is 5.82 Å². The maximum Gasteiger partial charge on any atom is 0.227 e. The van der Waals surface area contributed by atoms with Crippen LogP contribution in [0.2, 0.25) is 0 Å². The number of nitrogens with zero attached hydrogens (tertiary/aromatic N) is 5. The van der Waals surface area contributed by atoms with Crippen molar-refractivity contribution in [3.63, 3.8) is 0 Å².